The van der Waals surface area contributed by atoms with E-state index in [0.717, 1.165) is 5.56 Å². The van der Waals surface area contributed by atoms with E-state index in [1.165, 1.54) is 6.08 Å². The van der Waals surface area contributed by atoms with E-state index in [1.807, 2.05) is 51.1 Å². The summed E-state index contributed by atoms with van der Waals surface area (Å²) in [5.74, 6) is 5.96. The van der Waals surface area contributed by atoms with Crippen LogP contribution in [0.15, 0.2) is 43.0 Å². The lowest BCUT2D eigenvalue weighted by molar-refractivity contribution is -0.127. The zero-order valence-electron chi connectivity index (χ0n) is 15.3. The molecule has 3 amide bonds. The summed E-state index contributed by atoms with van der Waals surface area (Å²) >= 11 is 0. The number of amides is 3. The monoisotopic (exact) mass is 341 g/mol. The third-order valence-electron chi connectivity index (χ3n) is 3.60. The maximum Gasteiger partial charge on any atom is 0.318 e. The molecule has 1 atom stereocenters. The van der Waals surface area contributed by atoms with Gasteiger partial charge in [-0.1, -0.05) is 50.5 Å². The van der Waals surface area contributed by atoms with Crippen LogP contribution in [0.25, 0.3) is 0 Å². The van der Waals surface area contributed by atoms with Crippen LogP contribution in [0.2, 0.25) is 0 Å². The van der Waals surface area contributed by atoms with Gasteiger partial charge in [-0.05, 0) is 25.1 Å². The SMILES string of the molecule is C=CC(=O)N1CCN(C(=O)NC(C)C#Cc2ccccc2)CC1.CC. The predicted molar refractivity (Wildman–Crippen MR) is 101 cm³/mol. The summed E-state index contributed by atoms with van der Waals surface area (Å²) in [7, 11) is 0. The van der Waals surface area contributed by atoms with Gasteiger partial charge in [0, 0.05) is 31.7 Å². The van der Waals surface area contributed by atoms with Gasteiger partial charge < -0.3 is 15.1 Å². The van der Waals surface area contributed by atoms with Gasteiger partial charge in [0.05, 0.1) is 6.04 Å². The first-order chi connectivity index (χ1) is 12.1. The highest BCUT2D eigenvalue weighted by Gasteiger charge is 2.23. The molecule has 0 aliphatic carbocycles. The van der Waals surface area contributed by atoms with Gasteiger partial charge in [-0.3, -0.25) is 4.79 Å². The van der Waals surface area contributed by atoms with Crippen LogP contribution >= 0.6 is 0 Å². The minimum atomic E-state index is -0.240. The zero-order chi connectivity index (χ0) is 18.7. The number of nitrogens with zero attached hydrogens (tertiary/aromatic N) is 2. The minimum absolute atomic E-state index is 0.0906. The summed E-state index contributed by atoms with van der Waals surface area (Å²) in [6.45, 7) is 11.4. The Morgan fingerprint density at radius 3 is 2.24 bits per heavy atom. The fraction of sp³-hybridized carbons (Fsp3) is 0.400. The Bertz CT molecular complexity index is 623. The standard InChI is InChI=1S/C18H21N3O2.C2H6/c1-3-17(22)20-11-13-21(14-12-20)18(23)19-15(2)9-10-16-7-5-4-6-8-16;1-2/h3-8,15H,1,11-14H2,2H3,(H,19,23);1-2H3. The smallest absolute Gasteiger partial charge is 0.318 e. The van der Waals surface area contributed by atoms with Crippen LogP contribution in [0.5, 0.6) is 0 Å². The van der Waals surface area contributed by atoms with Gasteiger partial charge in [0.1, 0.15) is 0 Å². The lowest BCUT2D eigenvalue weighted by Crippen LogP contribution is -2.53. The van der Waals surface area contributed by atoms with Gasteiger partial charge in [-0.25, -0.2) is 4.79 Å². The average Bonchev–Trinajstić information content (AvgIpc) is 2.68. The van der Waals surface area contributed by atoms with Crippen molar-refractivity contribution in [1.29, 1.82) is 0 Å². The molecule has 1 saturated heterocycles. The highest BCUT2D eigenvalue weighted by atomic mass is 16.2. The average molecular weight is 341 g/mol. The first-order valence-corrected chi connectivity index (χ1v) is 8.63. The summed E-state index contributed by atoms with van der Waals surface area (Å²) < 4.78 is 0. The van der Waals surface area contributed by atoms with E-state index in [4.69, 9.17) is 0 Å². The van der Waals surface area contributed by atoms with Gasteiger partial charge in [0.2, 0.25) is 5.91 Å². The first kappa shape index (κ1) is 20.3. The van der Waals surface area contributed by atoms with Crippen LogP contribution in [0.3, 0.4) is 0 Å². The second-order valence-corrected chi connectivity index (χ2v) is 5.32. The van der Waals surface area contributed by atoms with Crippen LogP contribution in [0.1, 0.15) is 26.3 Å². The van der Waals surface area contributed by atoms with Crippen molar-refractivity contribution in [2.45, 2.75) is 26.8 Å². The fourth-order valence-electron chi connectivity index (χ4n) is 2.28. The topological polar surface area (TPSA) is 52.7 Å². The molecule has 5 nitrogen and oxygen atoms in total. The maximum atomic E-state index is 12.2. The molecule has 1 N–H and O–H groups in total. The molecule has 1 aromatic carbocycles. The Hall–Kier alpha value is -2.74. The van der Waals surface area contributed by atoms with Crippen molar-refractivity contribution in [2.75, 3.05) is 26.2 Å². The molecule has 0 bridgehead atoms. The summed E-state index contributed by atoms with van der Waals surface area (Å²) in [6.07, 6.45) is 1.30. The number of piperazine rings is 1. The molecule has 0 radical (unpaired) electrons. The number of rotatable bonds is 2. The number of urea groups is 1. The molecular weight excluding hydrogens is 314 g/mol. The minimum Gasteiger partial charge on any atom is -0.336 e. The maximum absolute atomic E-state index is 12.2. The number of hydrogen-bond acceptors (Lipinski definition) is 2. The van der Waals surface area contributed by atoms with E-state index in [-0.39, 0.29) is 18.0 Å². The van der Waals surface area contributed by atoms with E-state index in [0.29, 0.717) is 26.2 Å². The van der Waals surface area contributed by atoms with Crippen LogP contribution in [-0.4, -0.2) is 54.0 Å². The molecule has 1 heterocycles. The second kappa shape index (κ2) is 10.9. The lowest BCUT2D eigenvalue weighted by Gasteiger charge is -2.34. The van der Waals surface area contributed by atoms with Gasteiger partial charge >= 0.3 is 6.03 Å². The zero-order valence-corrected chi connectivity index (χ0v) is 15.3. The normalized spacial score (nSPS) is 14.2. The lowest BCUT2D eigenvalue weighted by atomic mass is 10.2. The summed E-state index contributed by atoms with van der Waals surface area (Å²) in [5.41, 5.74) is 0.921. The van der Waals surface area contributed by atoms with E-state index in [2.05, 4.69) is 23.7 Å². The molecule has 0 spiro atoms. The summed E-state index contributed by atoms with van der Waals surface area (Å²) in [5, 5.41) is 2.87. The Labute approximate surface area is 150 Å². The van der Waals surface area contributed by atoms with Crippen molar-refractivity contribution in [3.63, 3.8) is 0 Å². The summed E-state index contributed by atoms with van der Waals surface area (Å²) in [4.78, 5) is 27.1. The molecular formula is C20H27N3O2. The second-order valence-electron chi connectivity index (χ2n) is 5.32. The van der Waals surface area contributed by atoms with E-state index in [9.17, 15) is 9.59 Å². The molecule has 1 unspecified atom stereocenters. The molecule has 1 aliphatic heterocycles. The van der Waals surface area contributed by atoms with Gasteiger partial charge in [-0.15, -0.1) is 0 Å². The molecule has 2 rings (SSSR count). The van der Waals surface area contributed by atoms with Crippen molar-refractivity contribution in [3.05, 3.63) is 48.6 Å². The Morgan fingerprint density at radius 1 is 1.12 bits per heavy atom. The summed E-state index contributed by atoms with van der Waals surface area (Å²) in [6, 6.07) is 9.26. The highest BCUT2D eigenvalue weighted by molar-refractivity contribution is 5.87. The van der Waals surface area contributed by atoms with Gasteiger partial charge in [-0.2, -0.15) is 0 Å². The number of benzene rings is 1. The van der Waals surface area contributed by atoms with Gasteiger partial charge in [0.25, 0.3) is 0 Å². The Kier molecular flexibility index (Phi) is 8.87. The molecule has 0 saturated carbocycles. The van der Waals surface area contributed by atoms with Crippen LogP contribution < -0.4 is 5.32 Å². The third kappa shape index (κ3) is 6.72. The molecule has 1 aromatic rings. The van der Waals surface area contributed by atoms with Crippen molar-refractivity contribution in [3.8, 4) is 11.8 Å². The molecule has 1 aliphatic rings. The molecule has 25 heavy (non-hydrogen) atoms. The largest absolute Gasteiger partial charge is 0.336 e. The predicted octanol–water partition coefficient (Wildman–Crippen LogP) is 2.49. The van der Waals surface area contributed by atoms with Crippen molar-refractivity contribution in [1.82, 2.24) is 15.1 Å². The van der Waals surface area contributed by atoms with Crippen LogP contribution in [-0.2, 0) is 4.79 Å². The Balaban J connectivity index is 0.00000151. The van der Waals surface area contributed by atoms with E-state index < -0.39 is 0 Å². The molecule has 5 heteroatoms. The number of nitrogens with one attached hydrogen (secondary N) is 1. The molecule has 0 aromatic heterocycles. The van der Waals surface area contributed by atoms with Crippen molar-refractivity contribution in [2.24, 2.45) is 0 Å². The Morgan fingerprint density at radius 2 is 1.68 bits per heavy atom. The first-order valence-electron chi connectivity index (χ1n) is 8.63. The van der Waals surface area contributed by atoms with Crippen molar-refractivity contribution < 1.29 is 9.59 Å². The van der Waals surface area contributed by atoms with E-state index in [1.54, 1.807) is 9.80 Å². The molecule has 134 valence electrons. The highest BCUT2D eigenvalue weighted by Crippen LogP contribution is 2.03. The number of carbonyl (C=O) groups excluding carboxylic acids is 2. The van der Waals surface area contributed by atoms with Crippen molar-refractivity contribution >= 4 is 11.9 Å². The number of hydrogen-bond donors (Lipinski definition) is 1. The quantitative estimate of drug-likeness (QED) is 0.664. The third-order valence-corrected chi connectivity index (χ3v) is 3.60. The fourth-order valence-corrected chi connectivity index (χ4v) is 2.28. The molecule has 1 fully saturated rings. The number of carbonyl (C=O) groups is 2. The van der Waals surface area contributed by atoms with Gasteiger partial charge in [0.15, 0.2) is 0 Å². The van der Waals surface area contributed by atoms with E-state index >= 15 is 0 Å². The van der Waals surface area contributed by atoms with Crippen LogP contribution in [0, 0.1) is 11.8 Å². The van der Waals surface area contributed by atoms with Crippen LogP contribution in [0.4, 0.5) is 4.79 Å².